The summed E-state index contributed by atoms with van der Waals surface area (Å²) in [5.74, 6) is 2.72. The molecular weight excluding hydrogens is 1440 g/mol. The number of aromatic amines is 3. The maximum atomic E-state index is 12.5. The molecule has 3 saturated carbocycles. The van der Waals surface area contributed by atoms with E-state index in [0.29, 0.717) is 72.7 Å². The van der Waals surface area contributed by atoms with Gasteiger partial charge in [0.2, 0.25) is 0 Å². The van der Waals surface area contributed by atoms with Crippen LogP contribution in [-0.4, -0.2) is 129 Å². The first kappa shape index (κ1) is 75.7. The molecule has 99 heavy (non-hydrogen) atoms. The zero-order valence-corrected chi connectivity index (χ0v) is 64.6. The number of pyridine rings is 6. The summed E-state index contributed by atoms with van der Waals surface area (Å²) < 4.78 is 2.94. The number of hydrogen-bond donors (Lipinski definition) is 8. The Morgan fingerprint density at radius 2 is 0.818 bits per heavy atom. The van der Waals surface area contributed by atoms with Crippen molar-refractivity contribution in [3.8, 4) is 0 Å². The van der Waals surface area contributed by atoms with E-state index in [2.05, 4.69) is 204 Å². The fourth-order valence-corrected chi connectivity index (χ4v) is 15.6. The second-order valence-corrected chi connectivity index (χ2v) is 30.3. The van der Waals surface area contributed by atoms with Crippen molar-refractivity contribution in [2.45, 2.75) is 175 Å². The highest BCUT2D eigenvalue weighted by molar-refractivity contribution is 9.11. The second-order valence-electron chi connectivity index (χ2n) is 27.6. The Morgan fingerprint density at radius 1 is 0.455 bits per heavy atom. The molecule has 9 N–H and O–H groups in total. The molecule has 0 unspecified atom stereocenters. The van der Waals surface area contributed by atoms with Crippen LogP contribution in [0.2, 0.25) is 0 Å². The number of nitrogens with zero attached hydrogens (tertiary/aromatic N) is 7. The molecule has 19 nitrogen and oxygen atoms in total. The van der Waals surface area contributed by atoms with Crippen molar-refractivity contribution < 1.29 is 4.79 Å². The minimum Gasteiger partial charge on any atom is -0.398 e. The standard InChI is InChI=1S/C27H36BrN5O.C25H32BrN5O.C17H17BrN4O.C8H15NO/c1-6-33(21-9-7-20(8-10-21)32(4)5)25-15-19(28)14-23-22(25)11-12-29-26(23)30-16-24-17(2)13-18(3)31-27(24)34;1-15-11-16(2)29-25(32)22(15)14-28-24-21-12-17(26)13-23(20(21)9-10-27-24)30-18-5-7-19(8-6-18)31(3)4;1-9-5-10(2)22-17(23)14(9)8-21-16-13-6-11(18)7-15(19)12(13)3-4-20-16;1-9(2)7-3-5-8(10)6-4-7/h11-15,20-21H,6-10,16H2,1-5H3,(H,29,30)(H,31,34);9-13,18-19,30H,5-8,14H2,1-4H3,(H,27,28)(H,29,32);3-7H,8,19H2,1-2H3,(H,20,21)(H,22,23);7H,3-6H2,1-2H3. The van der Waals surface area contributed by atoms with E-state index < -0.39 is 0 Å². The van der Waals surface area contributed by atoms with Crippen molar-refractivity contribution in [2.75, 3.05) is 80.7 Å². The second kappa shape index (κ2) is 34.7. The van der Waals surface area contributed by atoms with E-state index in [4.69, 9.17) is 5.73 Å². The number of carbonyl (C=O) groups is 1. The molecule has 12 rings (SSSR count). The van der Waals surface area contributed by atoms with Crippen molar-refractivity contribution in [3.05, 3.63) is 186 Å². The average molecular weight is 1540 g/mol. The summed E-state index contributed by atoms with van der Waals surface area (Å²) in [6.45, 7) is 16.0. The lowest BCUT2D eigenvalue weighted by Crippen LogP contribution is -2.42. The molecule has 3 aromatic carbocycles. The number of hydrogen-bond acceptors (Lipinski definition) is 16. The highest BCUT2D eigenvalue weighted by atomic mass is 79.9. The molecule has 0 saturated heterocycles. The monoisotopic (exact) mass is 1540 g/mol. The Kier molecular flexibility index (Phi) is 26.6. The van der Waals surface area contributed by atoms with E-state index in [1.807, 2.05) is 90.3 Å². The number of halogens is 3. The maximum Gasteiger partial charge on any atom is 0.253 e. The van der Waals surface area contributed by atoms with Gasteiger partial charge in [0.25, 0.3) is 16.7 Å². The van der Waals surface area contributed by atoms with Gasteiger partial charge in [0.05, 0.1) is 0 Å². The summed E-state index contributed by atoms with van der Waals surface area (Å²) in [7, 11) is 12.9. The molecule has 6 heterocycles. The van der Waals surface area contributed by atoms with Crippen LogP contribution in [-0.2, 0) is 24.4 Å². The number of fused-ring (bicyclic) bond motifs is 3. The van der Waals surface area contributed by atoms with E-state index in [0.717, 1.165) is 135 Å². The molecule has 3 aliphatic rings. The zero-order chi connectivity index (χ0) is 71.4. The number of carbonyl (C=O) groups excluding carboxylic acids is 1. The Balaban J connectivity index is 0.000000164. The molecule has 0 aliphatic heterocycles. The number of nitrogen functional groups attached to an aromatic ring is 1. The predicted molar refractivity (Wildman–Crippen MR) is 421 cm³/mol. The minimum absolute atomic E-state index is 0.0439. The highest BCUT2D eigenvalue weighted by Crippen LogP contribution is 2.39. The third kappa shape index (κ3) is 19.8. The summed E-state index contributed by atoms with van der Waals surface area (Å²) in [6, 6.07) is 27.5. The van der Waals surface area contributed by atoms with Gasteiger partial charge in [-0.25, -0.2) is 15.0 Å². The summed E-state index contributed by atoms with van der Waals surface area (Å²) in [5.41, 5.74) is 16.7. The van der Waals surface area contributed by atoms with Crippen LogP contribution >= 0.6 is 47.8 Å². The minimum atomic E-state index is -0.0732. The zero-order valence-electron chi connectivity index (χ0n) is 59.8. The van der Waals surface area contributed by atoms with Gasteiger partial charge < -0.3 is 61.6 Å². The number of benzene rings is 3. The largest absolute Gasteiger partial charge is 0.398 e. The smallest absolute Gasteiger partial charge is 0.253 e. The van der Waals surface area contributed by atoms with Crippen molar-refractivity contribution in [3.63, 3.8) is 0 Å². The lowest BCUT2D eigenvalue weighted by molar-refractivity contribution is -0.121. The summed E-state index contributed by atoms with van der Waals surface area (Å²) in [6.07, 6.45) is 18.8. The fraction of sp³-hybridized carbons (Fsp3) is 0.442. The van der Waals surface area contributed by atoms with Gasteiger partial charge in [0.1, 0.15) is 23.2 Å². The molecule has 3 fully saturated rings. The molecule has 0 bridgehead atoms. The van der Waals surface area contributed by atoms with Gasteiger partial charge in [-0.05, 0) is 244 Å². The maximum absolute atomic E-state index is 12.5. The number of aryl methyl sites for hydroxylation is 6. The first-order valence-corrected chi connectivity index (χ1v) is 37.0. The number of ketones is 1. The fourth-order valence-electron chi connectivity index (χ4n) is 14.3. The third-order valence-electron chi connectivity index (χ3n) is 19.8. The molecule has 528 valence electrons. The lowest BCUT2D eigenvalue weighted by Gasteiger charge is -2.40. The Hall–Kier alpha value is -7.47. The number of H-pyrrole nitrogens is 3. The van der Waals surface area contributed by atoms with Gasteiger partial charge >= 0.3 is 0 Å². The van der Waals surface area contributed by atoms with E-state index in [9.17, 15) is 19.2 Å². The summed E-state index contributed by atoms with van der Waals surface area (Å²) in [5, 5.41) is 20.1. The average Bonchev–Trinajstić information content (AvgIpc) is 0.785. The van der Waals surface area contributed by atoms with E-state index >= 15 is 0 Å². The van der Waals surface area contributed by atoms with Crippen molar-refractivity contribution in [2.24, 2.45) is 0 Å². The van der Waals surface area contributed by atoms with Crippen LogP contribution in [0.4, 0.5) is 34.5 Å². The van der Waals surface area contributed by atoms with Crippen LogP contribution in [0, 0.1) is 41.5 Å². The van der Waals surface area contributed by atoms with Crippen LogP contribution in [0.1, 0.15) is 134 Å². The van der Waals surface area contributed by atoms with Crippen LogP contribution in [0.15, 0.2) is 119 Å². The quantitative estimate of drug-likeness (QED) is 0.0395. The van der Waals surface area contributed by atoms with Gasteiger partial charge in [-0.1, -0.05) is 47.8 Å². The number of nitrogens with two attached hydrogens (primary N) is 1. The number of anilines is 6. The van der Waals surface area contributed by atoms with E-state index in [1.165, 1.54) is 62.4 Å². The van der Waals surface area contributed by atoms with E-state index in [-0.39, 0.29) is 16.7 Å². The number of rotatable bonds is 17. The number of aromatic nitrogens is 6. The molecule has 22 heteroatoms. The van der Waals surface area contributed by atoms with Crippen molar-refractivity contribution >= 4 is 120 Å². The van der Waals surface area contributed by atoms with Crippen LogP contribution in [0.5, 0.6) is 0 Å². The first-order chi connectivity index (χ1) is 47.2. The Morgan fingerprint density at radius 3 is 1.24 bits per heavy atom. The summed E-state index contributed by atoms with van der Waals surface area (Å²) in [4.78, 5) is 79.5. The van der Waals surface area contributed by atoms with Gasteiger partial charge in [-0.2, -0.15) is 0 Å². The summed E-state index contributed by atoms with van der Waals surface area (Å²) >= 11 is 10.9. The van der Waals surface area contributed by atoms with Gasteiger partial charge in [0, 0.05) is 184 Å². The van der Waals surface area contributed by atoms with Crippen molar-refractivity contribution in [1.29, 1.82) is 0 Å². The topological polar surface area (TPSA) is 241 Å². The Bertz CT molecular complexity index is 4470. The van der Waals surface area contributed by atoms with Gasteiger partial charge in [-0.15, -0.1) is 0 Å². The molecule has 6 aromatic heterocycles. The van der Waals surface area contributed by atoms with Crippen molar-refractivity contribution in [1.82, 2.24) is 44.6 Å². The van der Waals surface area contributed by atoms with Crippen LogP contribution in [0.25, 0.3) is 32.3 Å². The van der Waals surface area contributed by atoms with Crippen LogP contribution in [0.3, 0.4) is 0 Å². The normalized spacial score (nSPS) is 17.2. The predicted octanol–water partition coefficient (Wildman–Crippen LogP) is 15.4. The number of nitrogens with one attached hydrogen (secondary N) is 7. The molecule has 3 aliphatic carbocycles. The van der Waals surface area contributed by atoms with Gasteiger partial charge in [0.15, 0.2) is 0 Å². The first-order valence-electron chi connectivity index (χ1n) is 34.6. The highest BCUT2D eigenvalue weighted by Gasteiger charge is 2.29. The third-order valence-corrected chi connectivity index (χ3v) is 21.2. The van der Waals surface area contributed by atoms with E-state index in [1.54, 1.807) is 6.20 Å². The van der Waals surface area contributed by atoms with Crippen LogP contribution < -0.4 is 48.6 Å². The molecule has 0 amide bonds. The SMILES string of the molecule is CCN(c1cc(Br)cc2c(NCc3c(C)cc(C)[nH]c3=O)nccc12)C1CCC(N(C)C)CC1.CN(C)C1CCC(=O)CC1.Cc1cc(C)c(CNc2nccc3c(N)cc(Br)cc23)c(=O)[nH]1.Cc1cc(C)c(CNc2nccc3c(NC4CCC(N(C)C)CC4)cc(Br)cc23)c(=O)[nH]1. The number of Topliss-reactive ketones (excluding diaryl/α,β-unsaturated/α-hetero) is 1. The Labute approximate surface area is 608 Å². The van der Waals surface area contributed by atoms with Gasteiger partial charge in [-0.3, -0.25) is 19.2 Å². The lowest BCUT2D eigenvalue weighted by atomic mass is 9.89. The molecule has 0 spiro atoms. The molecular formula is C77H100Br3N15O4. The molecule has 0 radical (unpaired) electrons. The molecule has 0 atom stereocenters. The molecule has 9 aromatic rings.